The van der Waals surface area contributed by atoms with Gasteiger partial charge in [0.15, 0.2) is 0 Å². The molecule has 3 heteroatoms. The summed E-state index contributed by atoms with van der Waals surface area (Å²) in [5.41, 5.74) is 1.28. The van der Waals surface area contributed by atoms with Crippen LogP contribution >= 0.6 is 11.5 Å². The molecule has 15 heavy (non-hydrogen) atoms. The molecule has 0 spiro atoms. The molecule has 1 aromatic heterocycles. The second-order valence-electron chi connectivity index (χ2n) is 3.37. The van der Waals surface area contributed by atoms with Gasteiger partial charge < -0.3 is 5.32 Å². The van der Waals surface area contributed by atoms with Crippen molar-refractivity contribution in [3.05, 3.63) is 46.8 Å². The van der Waals surface area contributed by atoms with Gasteiger partial charge in [0.2, 0.25) is 0 Å². The zero-order valence-corrected chi connectivity index (χ0v) is 9.55. The highest BCUT2D eigenvalue weighted by Crippen LogP contribution is 2.15. The van der Waals surface area contributed by atoms with E-state index < -0.39 is 0 Å². The molecule has 0 atom stereocenters. The normalized spacial score (nSPS) is 10.2. The van der Waals surface area contributed by atoms with Crippen LogP contribution in [0, 0.1) is 0 Å². The summed E-state index contributed by atoms with van der Waals surface area (Å²) >= 11 is 1.57. The van der Waals surface area contributed by atoms with Gasteiger partial charge in [0.1, 0.15) is 5.82 Å². The van der Waals surface area contributed by atoms with E-state index in [4.69, 9.17) is 0 Å². The van der Waals surface area contributed by atoms with Crippen molar-refractivity contribution in [1.82, 2.24) is 4.37 Å². The molecule has 0 radical (unpaired) electrons. The highest BCUT2D eigenvalue weighted by atomic mass is 32.1. The Morgan fingerprint density at radius 1 is 1.27 bits per heavy atom. The van der Waals surface area contributed by atoms with Crippen molar-refractivity contribution >= 4 is 17.4 Å². The topological polar surface area (TPSA) is 24.9 Å². The minimum Gasteiger partial charge on any atom is -0.365 e. The first-order valence-electron chi connectivity index (χ1n) is 5.12. The lowest BCUT2D eigenvalue weighted by molar-refractivity contribution is 1.13. The highest BCUT2D eigenvalue weighted by Gasteiger charge is 1.99. The SMILES string of the molecule is CCc1cc(NCc2ccccc2)ns1. The van der Waals surface area contributed by atoms with Crippen LogP contribution in [0.3, 0.4) is 0 Å². The molecule has 0 aliphatic heterocycles. The van der Waals surface area contributed by atoms with Gasteiger partial charge in [-0.25, -0.2) is 0 Å². The lowest BCUT2D eigenvalue weighted by Gasteiger charge is -2.01. The van der Waals surface area contributed by atoms with Crippen LogP contribution in [-0.2, 0) is 13.0 Å². The third-order valence-electron chi connectivity index (χ3n) is 2.22. The number of rotatable bonds is 4. The van der Waals surface area contributed by atoms with Crippen LogP contribution in [0.5, 0.6) is 0 Å². The maximum absolute atomic E-state index is 4.33. The standard InChI is InChI=1S/C12H14N2S/c1-2-11-8-12(14-15-11)13-9-10-6-4-3-5-7-10/h3-8H,2,9H2,1H3,(H,13,14). The molecule has 0 fully saturated rings. The Morgan fingerprint density at radius 3 is 2.73 bits per heavy atom. The second-order valence-corrected chi connectivity index (χ2v) is 4.26. The minimum atomic E-state index is 0.841. The Labute approximate surface area is 94.1 Å². The van der Waals surface area contributed by atoms with Gasteiger partial charge in [0.25, 0.3) is 0 Å². The van der Waals surface area contributed by atoms with E-state index in [9.17, 15) is 0 Å². The summed E-state index contributed by atoms with van der Waals surface area (Å²) in [6, 6.07) is 12.5. The van der Waals surface area contributed by atoms with Crippen LogP contribution in [0.2, 0.25) is 0 Å². The summed E-state index contributed by atoms with van der Waals surface area (Å²) < 4.78 is 4.33. The van der Waals surface area contributed by atoms with E-state index in [0.29, 0.717) is 0 Å². The predicted molar refractivity (Wildman–Crippen MR) is 65.3 cm³/mol. The molecule has 0 saturated heterocycles. The molecule has 2 nitrogen and oxygen atoms in total. The summed E-state index contributed by atoms with van der Waals surface area (Å²) in [5, 5.41) is 3.31. The zero-order valence-electron chi connectivity index (χ0n) is 8.73. The Hall–Kier alpha value is -1.35. The van der Waals surface area contributed by atoms with Gasteiger partial charge in [-0.3, -0.25) is 0 Å². The lowest BCUT2D eigenvalue weighted by Crippen LogP contribution is -1.98. The Balaban J connectivity index is 1.93. The minimum absolute atomic E-state index is 0.841. The molecular weight excluding hydrogens is 204 g/mol. The second kappa shape index (κ2) is 4.94. The first kappa shape index (κ1) is 10.2. The van der Waals surface area contributed by atoms with E-state index in [2.05, 4.69) is 46.9 Å². The first-order chi connectivity index (χ1) is 7.38. The number of nitrogens with one attached hydrogen (secondary N) is 1. The molecule has 78 valence electrons. The van der Waals surface area contributed by atoms with Crippen molar-refractivity contribution in [3.63, 3.8) is 0 Å². The molecule has 0 saturated carbocycles. The summed E-state index contributed by atoms with van der Waals surface area (Å²) in [6.07, 6.45) is 1.06. The molecule has 0 unspecified atom stereocenters. The van der Waals surface area contributed by atoms with Crippen molar-refractivity contribution in [1.29, 1.82) is 0 Å². The smallest absolute Gasteiger partial charge is 0.140 e. The predicted octanol–water partition coefficient (Wildman–Crippen LogP) is 3.32. The molecule has 2 rings (SSSR count). The van der Waals surface area contributed by atoms with Crippen molar-refractivity contribution in [2.75, 3.05) is 5.32 Å². The van der Waals surface area contributed by atoms with Crippen molar-refractivity contribution < 1.29 is 0 Å². The summed E-state index contributed by atoms with van der Waals surface area (Å²) in [6.45, 7) is 2.99. The number of hydrogen-bond acceptors (Lipinski definition) is 3. The largest absolute Gasteiger partial charge is 0.365 e. The summed E-state index contributed by atoms with van der Waals surface area (Å²) in [7, 11) is 0. The molecule has 0 aliphatic rings. The van der Waals surface area contributed by atoms with Gasteiger partial charge in [0.05, 0.1) is 0 Å². The fraction of sp³-hybridized carbons (Fsp3) is 0.250. The Kier molecular flexibility index (Phi) is 3.35. The van der Waals surface area contributed by atoms with Crippen LogP contribution in [0.25, 0.3) is 0 Å². The van der Waals surface area contributed by atoms with Gasteiger partial charge >= 0.3 is 0 Å². The number of hydrogen-bond donors (Lipinski definition) is 1. The van der Waals surface area contributed by atoms with E-state index in [-0.39, 0.29) is 0 Å². The molecule has 1 heterocycles. The van der Waals surface area contributed by atoms with Crippen molar-refractivity contribution in [2.45, 2.75) is 19.9 Å². The molecule has 0 aliphatic carbocycles. The Bertz CT molecular complexity index is 409. The van der Waals surface area contributed by atoms with Crippen LogP contribution in [0.4, 0.5) is 5.82 Å². The third-order valence-corrected chi connectivity index (χ3v) is 3.15. The fourth-order valence-electron chi connectivity index (χ4n) is 1.35. The molecule has 1 aromatic carbocycles. The summed E-state index contributed by atoms with van der Waals surface area (Å²) in [5.74, 6) is 0.987. The van der Waals surface area contributed by atoms with Gasteiger partial charge in [-0.1, -0.05) is 37.3 Å². The molecule has 2 aromatic rings. The van der Waals surface area contributed by atoms with E-state index in [1.54, 1.807) is 11.5 Å². The molecule has 1 N–H and O–H groups in total. The van der Waals surface area contributed by atoms with Gasteiger partial charge in [-0.05, 0) is 29.6 Å². The van der Waals surface area contributed by atoms with E-state index in [0.717, 1.165) is 18.8 Å². The number of benzene rings is 1. The molecule has 0 amide bonds. The quantitative estimate of drug-likeness (QED) is 0.851. The lowest BCUT2D eigenvalue weighted by atomic mass is 10.2. The van der Waals surface area contributed by atoms with Gasteiger partial charge in [0, 0.05) is 11.4 Å². The number of aryl methyl sites for hydroxylation is 1. The number of nitrogens with zero attached hydrogens (tertiary/aromatic N) is 1. The van der Waals surface area contributed by atoms with Crippen molar-refractivity contribution in [2.24, 2.45) is 0 Å². The maximum atomic E-state index is 4.33. The average Bonchev–Trinajstić information content (AvgIpc) is 2.76. The summed E-state index contributed by atoms with van der Waals surface area (Å²) in [4.78, 5) is 1.32. The van der Waals surface area contributed by atoms with Gasteiger partial charge in [-0.2, -0.15) is 4.37 Å². The Morgan fingerprint density at radius 2 is 2.07 bits per heavy atom. The van der Waals surface area contributed by atoms with E-state index in [1.165, 1.54) is 10.4 Å². The maximum Gasteiger partial charge on any atom is 0.140 e. The van der Waals surface area contributed by atoms with Crippen LogP contribution < -0.4 is 5.32 Å². The van der Waals surface area contributed by atoms with Crippen molar-refractivity contribution in [3.8, 4) is 0 Å². The third kappa shape index (κ3) is 2.80. The molecular formula is C12H14N2S. The van der Waals surface area contributed by atoms with Crippen LogP contribution in [0.1, 0.15) is 17.4 Å². The first-order valence-corrected chi connectivity index (χ1v) is 5.89. The number of anilines is 1. The van der Waals surface area contributed by atoms with Gasteiger partial charge in [-0.15, -0.1) is 0 Å². The number of aromatic nitrogens is 1. The van der Waals surface area contributed by atoms with E-state index >= 15 is 0 Å². The zero-order chi connectivity index (χ0) is 10.5. The average molecular weight is 218 g/mol. The van der Waals surface area contributed by atoms with E-state index in [1.807, 2.05) is 6.07 Å². The fourth-order valence-corrected chi connectivity index (χ4v) is 1.98. The highest BCUT2D eigenvalue weighted by molar-refractivity contribution is 7.06. The monoisotopic (exact) mass is 218 g/mol. The van der Waals surface area contributed by atoms with Crippen LogP contribution in [0.15, 0.2) is 36.4 Å². The molecule has 0 bridgehead atoms. The van der Waals surface area contributed by atoms with Crippen LogP contribution in [-0.4, -0.2) is 4.37 Å².